The van der Waals surface area contributed by atoms with Crippen LogP contribution in [0.1, 0.15) is 37.9 Å². The lowest BCUT2D eigenvalue weighted by Gasteiger charge is -2.14. The van der Waals surface area contributed by atoms with Crippen LogP contribution in [0.2, 0.25) is 0 Å². The second-order valence-electron chi connectivity index (χ2n) is 3.97. The van der Waals surface area contributed by atoms with Crippen LogP contribution < -0.4 is 10.5 Å². The smallest absolute Gasteiger partial charge is 0.119 e. The summed E-state index contributed by atoms with van der Waals surface area (Å²) in [4.78, 5) is 0. The average Bonchev–Trinajstić information content (AvgIpc) is 2.01. The van der Waals surface area contributed by atoms with Crippen LogP contribution in [0, 0.1) is 6.92 Å². The second-order valence-corrected chi connectivity index (χ2v) is 3.97. The molecule has 1 aromatic rings. The predicted molar refractivity (Wildman–Crippen MR) is 59.5 cm³/mol. The summed E-state index contributed by atoms with van der Waals surface area (Å²) in [6.45, 7) is 8.10. The zero-order chi connectivity index (χ0) is 10.7. The summed E-state index contributed by atoms with van der Waals surface area (Å²) in [7, 11) is 0. The van der Waals surface area contributed by atoms with E-state index in [1.54, 1.807) is 0 Å². The Hall–Kier alpha value is -1.02. The van der Waals surface area contributed by atoms with E-state index in [2.05, 4.69) is 6.92 Å². The number of nitrogens with two attached hydrogens (primary N) is 1. The summed E-state index contributed by atoms with van der Waals surface area (Å²) in [5.74, 6) is 0.918. The van der Waals surface area contributed by atoms with Crippen molar-refractivity contribution >= 4 is 0 Å². The molecule has 0 heterocycles. The molecule has 1 aromatic carbocycles. The number of benzene rings is 1. The number of ether oxygens (including phenoxy) is 1. The van der Waals surface area contributed by atoms with Gasteiger partial charge in [-0.1, -0.05) is 6.07 Å². The van der Waals surface area contributed by atoms with E-state index in [0.29, 0.717) is 0 Å². The van der Waals surface area contributed by atoms with Crippen molar-refractivity contribution in [3.05, 3.63) is 29.3 Å². The van der Waals surface area contributed by atoms with Crippen molar-refractivity contribution in [2.45, 2.75) is 39.8 Å². The van der Waals surface area contributed by atoms with Crippen molar-refractivity contribution in [3.8, 4) is 5.75 Å². The molecule has 0 radical (unpaired) electrons. The molecule has 0 saturated heterocycles. The molecule has 78 valence electrons. The molecule has 1 unspecified atom stereocenters. The highest BCUT2D eigenvalue weighted by atomic mass is 16.5. The van der Waals surface area contributed by atoms with Crippen LogP contribution in [0.25, 0.3) is 0 Å². The van der Waals surface area contributed by atoms with Gasteiger partial charge in [0.25, 0.3) is 0 Å². The Balaban J connectivity index is 2.89. The highest BCUT2D eigenvalue weighted by Crippen LogP contribution is 2.21. The maximum absolute atomic E-state index is 5.83. The summed E-state index contributed by atoms with van der Waals surface area (Å²) in [5.41, 5.74) is 8.20. The van der Waals surface area contributed by atoms with Crippen molar-refractivity contribution in [2.75, 3.05) is 0 Å². The van der Waals surface area contributed by atoms with Crippen molar-refractivity contribution in [2.24, 2.45) is 5.73 Å². The van der Waals surface area contributed by atoms with Gasteiger partial charge < -0.3 is 10.5 Å². The van der Waals surface area contributed by atoms with Crippen LogP contribution in [0.5, 0.6) is 5.75 Å². The van der Waals surface area contributed by atoms with Gasteiger partial charge in [-0.25, -0.2) is 0 Å². The summed E-state index contributed by atoms with van der Waals surface area (Å²) in [6.07, 6.45) is 0.218. The summed E-state index contributed by atoms with van der Waals surface area (Å²) in [6, 6.07) is 6.14. The fourth-order valence-electron chi connectivity index (χ4n) is 1.50. The topological polar surface area (TPSA) is 35.2 Å². The zero-order valence-electron chi connectivity index (χ0n) is 9.37. The molecule has 0 spiro atoms. The van der Waals surface area contributed by atoms with Gasteiger partial charge in [-0.2, -0.15) is 0 Å². The normalized spacial score (nSPS) is 13.0. The molecule has 0 fully saturated rings. The minimum absolute atomic E-state index is 0.0862. The first kappa shape index (κ1) is 11.1. The van der Waals surface area contributed by atoms with E-state index in [-0.39, 0.29) is 12.1 Å². The molecule has 2 N–H and O–H groups in total. The molecule has 0 aliphatic heterocycles. The van der Waals surface area contributed by atoms with Gasteiger partial charge in [-0.3, -0.25) is 0 Å². The van der Waals surface area contributed by atoms with Gasteiger partial charge in [0.05, 0.1) is 6.10 Å². The minimum atomic E-state index is 0.0862. The monoisotopic (exact) mass is 193 g/mol. The fraction of sp³-hybridized carbons (Fsp3) is 0.500. The van der Waals surface area contributed by atoms with E-state index in [9.17, 15) is 0 Å². The molecule has 1 rings (SSSR count). The zero-order valence-corrected chi connectivity index (χ0v) is 9.37. The predicted octanol–water partition coefficient (Wildman–Crippen LogP) is 2.80. The average molecular weight is 193 g/mol. The van der Waals surface area contributed by atoms with E-state index in [1.807, 2.05) is 39.0 Å². The largest absolute Gasteiger partial charge is 0.491 e. The lowest BCUT2D eigenvalue weighted by molar-refractivity contribution is 0.242. The van der Waals surface area contributed by atoms with Crippen molar-refractivity contribution in [3.63, 3.8) is 0 Å². The second kappa shape index (κ2) is 4.47. The Kier molecular flexibility index (Phi) is 3.53. The molecule has 1 atom stereocenters. The molecule has 0 aliphatic rings. The van der Waals surface area contributed by atoms with Crippen molar-refractivity contribution in [1.82, 2.24) is 0 Å². The van der Waals surface area contributed by atoms with E-state index in [4.69, 9.17) is 10.5 Å². The van der Waals surface area contributed by atoms with Crippen molar-refractivity contribution < 1.29 is 4.74 Å². The van der Waals surface area contributed by atoms with Crippen LogP contribution in [0.15, 0.2) is 18.2 Å². The summed E-state index contributed by atoms with van der Waals surface area (Å²) < 4.78 is 5.59. The molecular weight excluding hydrogens is 174 g/mol. The first-order valence-electron chi connectivity index (χ1n) is 5.03. The van der Waals surface area contributed by atoms with Gasteiger partial charge in [-0.15, -0.1) is 0 Å². The lowest BCUT2D eigenvalue weighted by atomic mass is 10.0. The molecule has 14 heavy (non-hydrogen) atoms. The molecule has 2 heteroatoms. The van der Waals surface area contributed by atoms with Gasteiger partial charge >= 0.3 is 0 Å². The van der Waals surface area contributed by atoms with E-state index >= 15 is 0 Å². The number of hydrogen-bond donors (Lipinski definition) is 1. The molecule has 2 nitrogen and oxygen atoms in total. The minimum Gasteiger partial charge on any atom is -0.491 e. The standard InChI is InChI=1S/C12H19NO/c1-8(2)14-11-5-6-12(10(4)13)9(3)7-11/h5-8,10H,13H2,1-4H3. The first-order chi connectivity index (χ1) is 6.50. The summed E-state index contributed by atoms with van der Waals surface area (Å²) in [5, 5.41) is 0. The number of hydrogen-bond acceptors (Lipinski definition) is 2. The van der Waals surface area contributed by atoms with Gasteiger partial charge in [0, 0.05) is 6.04 Å². The Morgan fingerprint density at radius 2 is 1.86 bits per heavy atom. The van der Waals surface area contributed by atoms with E-state index in [0.717, 1.165) is 5.75 Å². The van der Waals surface area contributed by atoms with Gasteiger partial charge in [-0.05, 0) is 51.0 Å². The quantitative estimate of drug-likeness (QED) is 0.801. The maximum atomic E-state index is 5.83. The molecule has 0 aromatic heterocycles. The summed E-state index contributed by atoms with van der Waals surface area (Å²) >= 11 is 0. The number of rotatable bonds is 3. The van der Waals surface area contributed by atoms with Crippen LogP contribution >= 0.6 is 0 Å². The molecule has 0 aliphatic carbocycles. The Morgan fingerprint density at radius 3 is 2.29 bits per heavy atom. The molecular formula is C12H19NO. The third kappa shape index (κ3) is 2.74. The van der Waals surface area contributed by atoms with E-state index in [1.165, 1.54) is 11.1 Å². The van der Waals surface area contributed by atoms with Gasteiger partial charge in [0.2, 0.25) is 0 Å². The SMILES string of the molecule is Cc1cc(OC(C)C)ccc1C(C)N. The number of aryl methyl sites for hydroxylation is 1. The van der Waals surface area contributed by atoms with Crippen LogP contribution in [0.3, 0.4) is 0 Å². The van der Waals surface area contributed by atoms with Crippen LogP contribution in [0.4, 0.5) is 0 Å². The van der Waals surface area contributed by atoms with Gasteiger partial charge in [0.15, 0.2) is 0 Å². The van der Waals surface area contributed by atoms with Crippen LogP contribution in [-0.4, -0.2) is 6.10 Å². The Labute approximate surface area is 86.1 Å². The third-order valence-electron chi connectivity index (χ3n) is 2.10. The fourth-order valence-corrected chi connectivity index (χ4v) is 1.50. The highest BCUT2D eigenvalue weighted by Gasteiger charge is 2.05. The Bertz CT molecular complexity index is 305. The van der Waals surface area contributed by atoms with Gasteiger partial charge in [0.1, 0.15) is 5.75 Å². The maximum Gasteiger partial charge on any atom is 0.119 e. The Morgan fingerprint density at radius 1 is 1.21 bits per heavy atom. The van der Waals surface area contributed by atoms with Crippen LogP contribution in [-0.2, 0) is 0 Å². The lowest BCUT2D eigenvalue weighted by Crippen LogP contribution is -2.09. The molecule has 0 amide bonds. The van der Waals surface area contributed by atoms with E-state index < -0.39 is 0 Å². The van der Waals surface area contributed by atoms with Crippen molar-refractivity contribution in [1.29, 1.82) is 0 Å². The molecule has 0 saturated carbocycles. The first-order valence-corrected chi connectivity index (χ1v) is 5.03. The molecule has 0 bridgehead atoms. The highest BCUT2D eigenvalue weighted by molar-refractivity contribution is 5.36. The third-order valence-corrected chi connectivity index (χ3v) is 2.10.